The van der Waals surface area contributed by atoms with Crippen LogP contribution in [0.2, 0.25) is 0 Å². The minimum absolute atomic E-state index is 1.00. The lowest BCUT2D eigenvalue weighted by molar-refractivity contribution is 0.660. The topological polar surface area (TPSA) is 52.5 Å². The van der Waals surface area contributed by atoms with E-state index in [1.54, 1.807) is 0 Å². The molecule has 0 aromatic heterocycles. The van der Waals surface area contributed by atoms with Crippen molar-refractivity contribution < 1.29 is 0 Å². The second kappa shape index (κ2) is 16.5. The second-order valence-corrected chi connectivity index (χ2v) is 2.97. The molecule has 0 bridgehead atoms. The van der Waals surface area contributed by atoms with Crippen LogP contribution in [0.3, 0.4) is 0 Å². The van der Waals surface area contributed by atoms with E-state index in [9.17, 15) is 0 Å². The maximum atomic E-state index is 8.00. The van der Waals surface area contributed by atoms with Crippen LogP contribution in [0.25, 0.3) is 0 Å². The fourth-order valence-corrected chi connectivity index (χ4v) is 1.09. The van der Waals surface area contributed by atoms with Crippen LogP contribution in [0, 0.1) is 10.1 Å². The molecule has 0 radical (unpaired) electrons. The Hall–Kier alpha value is -0.120. The largest absolute Gasteiger partial charge is 0.444 e. The van der Waals surface area contributed by atoms with Crippen molar-refractivity contribution in [1.82, 2.24) is 0 Å². The molecule has 0 N–H and O–H groups in total. The molecule has 0 fully saturated rings. The molecular formula is C7H15BrNO2-. The van der Waals surface area contributed by atoms with E-state index in [0.29, 0.717) is 0 Å². The predicted octanol–water partition coefficient (Wildman–Crippen LogP) is 3.60. The van der Waals surface area contributed by atoms with Gasteiger partial charge in [-0.1, -0.05) is 48.5 Å². The van der Waals surface area contributed by atoms with Crippen molar-refractivity contribution >= 4 is 15.9 Å². The molecule has 0 atom stereocenters. The van der Waals surface area contributed by atoms with Crippen LogP contribution in [0.4, 0.5) is 0 Å². The summed E-state index contributed by atoms with van der Waals surface area (Å²) in [6, 6.07) is 0. The van der Waals surface area contributed by atoms with Gasteiger partial charge in [-0.05, 0) is 6.42 Å². The van der Waals surface area contributed by atoms with Gasteiger partial charge in [-0.25, -0.2) is 0 Å². The molecular weight excluding hydrogens is 210 g/mol. The van der Waals surface area contributed by atoms with Crippen molar-refractivity contribution in [2.75, 3.05) is 5.33 Å². The van der Waals surface area contributed by atoms with E-state index in [1.165, 1.54) is 37.4 Å². The van der Waals surface area contributed by atoms with E-state index >= 15 is 0 Å². The Morgan fingerprint density at radius 2 is 1.73 bits per heavy atom. The highest BCUT2D eigenvalue weighted by Gasteiger charge is 1.84. The molecule has 0 amide bonds. The van der Waals surface area contributed by atoms with Crippen molar-refractivity contribution in [3.05, 3.63) is 10.1 Å². The molecule has 0 unspecified atom stereocenters. The first-order valence-corrected chi connectivity index (χ1v) is 4.96. The van der Waals surface area contributed by atoms with Gasteiger partial charge < -0.3 is 10.1 Å². The molecule has 4 heteroatoms. The third-order valence-corrected chi connectivity index (χ3v) is 1.80. The smallest absolute Gasteiger partial charge is 0.00313 e. The summed E-state index contributed by atoms with van der Waals surface area (Å²) in [5, 5.41) is 10.2. The minimum atomic E-state index is 1.00. The summed E-state index contributed by atoms with van der Waals surface area (Å²) in [7, 11) is 0. The van der Waals surface area contributed by atoms with E-state index in [-0.39, 0.29) is 0 Å². The molecule has 0 aliphatic heterocycles. The average Bonchev–Trinajstić information content (AvgIpc) is 2.00. The van der Waals surface area contributed by atoms with Gasteiger partial charge in [0.2, 0.25) is 0 Å². The summed E-state index contributed by atoms with van der Waals surface area (Å²) >= 11 is 3.40. The van der Waals surface area contributed by atoms with Crippen LogP contribution in [-0.4, -0.2) is 5.33 Å². The number of halogens is 1. The van der Waals surface area contributed by atoms with Crippen molar-refractivity contribution in [1.29, 1.82) is 0 Å². The lowest BCUT2D eigenvalue weighted by atomic mass is 10.2. The molecule has 11 heavy (non-hydrogen) atoms. The maximum absolute atomic E-state index is 8.00. The molecule has 0 aromatic carbocycles. The fraction of sp³-hybridized carbons (Fsp3) is 1.00. The zero-order valence-corrected chi connectivity index (χ0v) is 8.47. The van der Waals surface area contributed by atoms with Crippen molar-refractivity contribution in [2.24, 2.45) is 5.34 Å². The maximum Gasteiger partial charge on any atom is 0.00313 e. The number of hydrogen-bond donors (Lipinski definition) is 0. The Labute approximate surface area is 76.2 Å². The van der Waals surface area contributed by atoms with E-state index in [1.807, 2.05) is 0 Å². The van der Waals surface area contributed by atoms with Crippen molar-refractivity contribution in [2.45, 2.75) is 39.0 Å². The Kier molecular flexibility index (Phi) is 20.2. The Morgan fingerprint density at radius 1 is 1.27 bits per heavy atom. The van der Waals surface area contributed by atoms with E-state index in [0.717, 1.165) is 5.34 Å². The van der Waals surface area contributed by atoms with Crippen LogP contribution in [0.15, 0.2) is 5.34 Å². The van der Waals surface area contributed by atoms with Gasteiger partial charge in [0.25, 0.3) is 0 Å². The molecule has 0 aliphatic carbocycles. The lowest BCUT2D eigenvalue weighted by Crippen LogP contribution is -1.76. The third kappa shape index (κ3) is 25.8. The summed E-state index contributed by atoms with van der Waals surface area (Å²) in [6.07, 6.45) is 6.93. The summed E-state index contributed by atoms with van der Waals surface area (Å²) in [4.78, 5) is 8.00. The predicted molar refractivity (Wildman–Crippen MR) is 51.7 cm³/mol. The monoisotopic (exact) mass is 224 g/mol. The fourth-order valence-electron chi connectivity index (χ4n) is 0.698. The Balaban J connectivity index is 0. The lowest BCUT2D eigenvalue weighted by Gasteiger charge is -1.93. The van der Waals surface area contributed by atoms with Crippen LogP contribution in [-0.2, 0) is 0 Å². The van der Waals surface area contributed by atoms with E-state index < -0.39 is 0 Å². The standard InChI is InChI=1S/C7H15Br.HNO2/c1-2-3-4-5-6-7-8;2-1-3/h2-7H2,1H3;(H,2,3)/p-1. The highest BCUT2D eigenvalue weighted by atomic mass is 79.9. The zero-order chi connectivity index (χ0) is 8.95. The molecule has 0 rings (SSSR count). The SMILES string of the molecule is CCCCCCCBr.O=N[O-]. The van der Waals surface area contributed by atoms with Crippen molar-refractivity contribution in [3.8, 4) is 0 Å². The normalized spacial score (nSPS) is 8.18. The summed E-state index contributed by atoms with van der Waals surface area (Å²) in [5.74, 6) is 0. The van der Waals surface area contributed by atoms with Gasteiger partial charge in [0, 0.05) is 5.33 Å². The molecule has 0 aromatic rings. The molecule has 0 saturated heterocycles. The zero-order valence-electron chi connectivity index (χ0n) is 6.88. The highest BCUT2D eigenvalue weighted by Crippen LogP contribution is 2.03. The first kappa shape index (κ1) is 13.5. The molecule has 0 heterocycles. The number of alkyl halides is 1. The van der Waals surface area contributed by atoms with Crippen LogP contribution >= 0.6 is 15.9 Å². The third-order valence-electron chi connectivity index (χ3n) is 1.24. The number of nitrogens with zero attached hydrogens (tertiary/aromatic N) is 1. The van der Waals surface area contributed by atoms with Crippen molar-refractivity contribution in [3.63, 3.8) is 0 Å². The Morgan fingerprint density at radius 3 is 2.09 bits per heavy atom. The van der Waals surface area contributed by atoms with Gasteiger partial charge in [-0.15, -0.1) is 5.34 Å². The van der Waals surface area contributed by atoms with Gasteiger partial charge in [-0.3, -0.25) is 0 Å². The van der Waals surface area contributed by atoms with E-state index in [2.05, 4.69) is 22.9 Å². The first-order valence-electron chi connectivity index (χ1n) is 3.84. The van der Waals surface area contributed by atoms with Crippen LogP contribution in [0.1, 0.15) is 39.0 Å². The molecule has 0 spiro atoms. The number of hydrogen-bond acceptors (Lipinski definition) is 3. The summed E-state index contributed by atoms with van der Waals surface area (Å²) in [6.45, 7) is 2.24. The Bertz CT molecular complexity index is 65.5. The minimum Gasteiger partial charge on any atom is -0.444 e. The summed E-state index contributed by atoms with van der Waals surface area (Å²) < 4.78 is 0. The number of rotatable bonds is 5. The van der Waals surface area contributed by atoms with Gasteiger partial charge in [0.05, 0.1) is 0 Å². The quantitative estimate of drug-likeness (QED) is 0.310. The van der Waals surface area contributed by atoms with Gasteiger partial charge in [0.1, 0.15) is 0 Å². The molecule has 0 aliphatic rings. The average molecular weight is 225 g/mol. The second-order valence-electron chi connectivity index (χ2n) is 2.18. The number of unbranched alkanes of at least 4 members (excludes halogenated alkanes) is 4. The summed E-state index contributed by atoms with van der Waals surface area (Å²) in [5.41, 5.74) is 0. The highest BCUT2D eigenvalue weighted by molar-refractivity contribution is 9.09. The van der Waals surface area contributed by atoms with Crippen LogP contribution < -0.4 is 0 Å². The van der Waals surface area contributed by atoms with Gasteiger partial charge in [-0.2, -0.15) is 0 Å². The van der Waals surface area contributed by atoms with E-state index in [4.69, 9.17) is 10.1 Å². The molecule has 3 nitrogen and oxygen atoms in total. The van der Waals surface area contributed by atoms with Gasteiger partial charge in [0.15, 0.2) is 0 Å². The van der Waals surface area contributed by atoms with Crippen LogP contribution in [0.5, 0.6) is 0 Å². The van der Waals surface area contributed by atoms with Gasteiger partial charge >= 0.3 is 0 Å². The molecule has 0 saturated carbocycles. The first-order chi connectivity index (χ1) is 5.33. The molecule has 68 valence electrons.